The smallest absolute Gasteiger partial charge is 0.168 e. The van der Waals surface area contributed by atoms with Crippen molar-refractivity contribution >= 4 is 0 Å². The molecule has 0 saturated carbocycles. The lowest BCUT2D eigenvalue weighted by Crippen LogP contribution is -2.43. The van der Waals surface area contributed by atoms with Crippen molar-refractivity contribution in [1.29, 1.82) is 0 Å². The maximum absolute atomic E-state index is 13.7. The summed E-state index contributed by atoms with van der Waals surface area (Å²) < 4.78 is 45.2. The zero-order valence-electron chi connectivity index (χ0n) is 10.1. The van der Waals surface area contributed by atoms with Crippen molar-refractivity contribution in [2.75, 3.05) is 33.3 Å². The monoisotopic (exact) mass is 260 g/mol. The van der Waals surface area contributed by atoms with Crippen LogP contribution in [0.4, 0.5) is 13.2 Å². The van der Waals surface area contributed by atoms with E-state index in [-0.39, 0.29) is 17.9 Å². The lowest BCUT2D eigenvalue weighted by molar-refractivity contribution is 0.224. The lowest BCUT2D eigenvalue weighted by Gasteiger charge is -2.27. The standard InChI is InChI=1S/C12H15F3N2O/c1-18-12-8(7-17-4-2-16-3-5-17)11(15)9(13)6-10(12)14/h6,16H,2-5,7H2,1H3. The molecule has 0 radical (unpaired) electrons. The molecule has 1 aliphatic heterocycles. The summed E-state index contributed by atoms with van der Waals surface area (Å²) in [5.74, 6) is -3.31. The number of benzene rings is 1. The van der Waals surface area contributed by atoms with Crippen LogP contribution in [0.1, 0.15) is 5.56 Å². The van der Waals surface area contributed by atoms with Crippen LogP contribution in [0.25, 0.3) is 0 Å². The largest absolute Gasteiger partial charge is 0.493 e. The number of piperazine rings is 1. The van der Waals surface area contributed by atoms with Crippen LogP contribution in [-0.2, 0) is 6.54 Å². The molecule has 0 atom stereocenters. The maximum Gasteiger partial charge on any atom is 0.168 e. The van der Waals surface area contributed by atoms with E-state index in [2.05, 4.69) is 5.32 Å². The van der Waals surface area contributed by atoms with Gasteiger partial charge < -0.3 is 10.1 Å². The Morgan fingerprint density at radius 3 is 2.50 bits per heavy atom. The molecule has 1 N–H and O–H groups in total. The van der Waals surface area contributed by atoms with Gasteiger partial charge in [0.25, 0.3) is 0 Å². The van der Waals surface area contributed by atoms with E-state index >= 15 is 0 Å². The van der Waals surface area contributed by atoms with Gasteiger partial charge in [0.2, 0.25) is 0 Å². The minimum absolute atomic E-state index is 0.0584. The maximum atomic E-state index is 13.7. The van der Waals surface area contributed by atoms with Gasteiger partial charge in [-0.05, 0) is 0 Å². The fourth-order valence-corrected chi connectivity index (χ4v) is 2.08. The predicted octanol–water partition coefficient (Wildman–Crippen LogP) is 1.52. The molecule has 1 aliphatic rings. The Balaban J connectivity index is 2.29. The Labute approximate surface area is 104 Å². The number of halogens is 3. The molecule has 0 aliphatic carbocycles. The highest BCUT2D eigenvalue weighted by Gasteiger charge is 2.22. The molecule has 1 saturated heterocycles. The van der Waals surface area contributed by atoms with Crippen molar-refractivity contribution in [3.05, 3.63) is 29.1 Å². The Morgan fingerprint density at radius 2 is 1.89 bits per heavy atom. The van der Waals surface area contributed by atoms with E-state index in [9.17, 15) is 13.2 Å². The number of methoxy groups -OCH3 is 1. The second kappa shape index (κ2) is 5.58. The molecule has 0 unspecified atom stereocenters. The molecule has 1 aromatic carbocycles. The van der Waals surface area contributed by atoms with Crippen LogP contribution in [0, 0.1) is 17.5 Å². The molecule has 0 spiro atoms. The van der Waals surface area contributed by atoms with Crippen molar-refractivity contribution in [2.24, 2.45) is 0 Å². The Kier molecular flexibility index (Phi) is 4.08. The summed E-state index contributed by atoms with van der Waals surface area (Å²) in [4.78, 5) is 1.93. The molecule has 100 valence electrons. The van der Waals surface area contributed by atoms with E-state index in [0.29, 0.717) is 19.2 Å². The second-order valence-corrected chi connectivity index (χ2v) is 4.19. The van der Waals surface area contributed by atoms with Crippen LogP contribution >= 0.6 is 0 Å². The van der Waals surface area contributed by atoms with Gasteiger partial charge in [0.1, 0.15) is 0 Å². The summed E-state index contributed by atoms with van der Waals surface area (Å²) >= 11 is 0. The number of nitrogens with zero attached hydrogens (tertiary/aromatic N) is 1. The average Bonchev–Trinajstić information content (AvgIpc) is 2.37. The summed E-state index contributed by atoms with van der Waals surface area (Å²) in [6.45, 7) is 3.12. The second-order valence-electron chi connectivity index (χ2n) is 4.19. The molecule has 18 heavy (non-hydrogen) atoms. The summed E-state index contributed by atoms with van der Waals surface area (Å²) in [5, 5.41) is 3.15. The van der Waals surface area contributed by atoms with Crippen LogP contribution in [0.3, 0.4) is 0 Å². The third-order valence-electron chi connectivity index (χ3n) is 3.01. The van der Waals surface area contributed by atoms with Crippen molar-refractivity contribution in [3.63, 3.8) is 0 Å². The molecule has 6 heteroatoms. The van der Waals surface area contributed by atoms with E-state index in [1.165, 1.54) is 7.11 Å². The van der Waals surface area contributed by atoms with Crippen LogP contribution in [0.2, 0.25) is 0 Å². The zero-order valence-corrected chi connectivity index (χ0v) is 10.1. The van der Waals surface area contributed by atoms with Gasteiger partial charge >= 0.3 is 0 Å². The highest BCUT2D eigenvalue weighted by atomic mass is 19.2. The molecular formula is C12H15F3N2O. The average molecular weight is 260 g/mol. The summed E-state index contributed by atoms with van der Waals surface area (Å²) in [5.41, 5.74) is -0.0584. The molecule has 0 amide bonds. The Morgan fingerprint density at radius 1 is 1.22 bits per heavy atom. The van der Waals surface area contributed by atoms with Crippen molar-refractivity contribution in [2.45, 2.75) is 6.54 Å². The number of nitrogens with one attached hydrogen (secondary N) is 1. The minimum atomic E-state index is -1.18. The predicted molar refractivity (Wildman–Crippen MR) is 61.0 cm³/mol. The first-order valence-corrected chi connectivity index (χ1v) is 5.77. The Bertz CT molecular complexity index is 434. The highest BCUT2D eigenvalue weighted by Crippen LogP contribution is 2.28. The molecular weight excluding hydrogens is 245 g/mol. The first-order valence-electron chi connectivity index (χ1n) is 5.77. The topological polar surface area (TPSA) is 24.5 Å². The molecule has 1 fully saturated rings. The van der Waals surface area contributed by atoms with Gasteiger partial charge in [0.15, 0.2) is 23.2 Å². The van der Waals surface area contributed by atoms with Gasteiger partial charge in [0.05, 0.1) is 7.11 Å². The first-order chi connectivity index (χ1) is 8.63. The van der Waals surface area contributed by atoms with Gasteiger partial charge in [0, 0.05) is 44.4 Å². The van der Waals surface area contributed by atoms with Crippen LogP contribution in [0.5, 0.6) is 5.75 Å². The quantitative estimate of drug-likeness (QED) is 0.834. The van der Waals surface area contributed by atoms with Crippen molar-refractivity contribution in [1.82, 2.24) is 10.2 Å². The summed E-state index contributed by atoms with van der Waals surface area (Å²) in [6.07, 6.45) is 0. The SMILES string of the molecule is COc1c(F)cc(F)c(F)c1CN1CCNCC1. The number of hydrogen-bond donors (Lipinski definition) is 1. The van der Waals surface area contributed by atoms with Gasteiger partial charge in [-0.2, -0.15) is 0 Å². The number of hydrogen-bond acceptors (Lipinski definition) is 3. The normalized spacial score (nSPS) is 16.9. The third kappa shape index (κ3) is 2.59. The van der Waals surface area contributed by atoms with Crippen LogP contribution < -0.4 is 10.1 Å². The van der Waals surface area contributed by atoms with Gasteiger partial charge in [-0.25, -0.2) is 13.2 Å². The van der Waals surface area contributed by atoms with E-state index in [1.807, 2.05) is 4.90 Å². The Hall–Kier alpha value is -1.27. The van der Waals surface area contributed by atoms with Crippen LogP contribution in [-0.4, -0.2) is 38.2 Å². The highest BCUT2D eigenvalue weighted by molar-refractivity contribution is 5.37. The molecule has 0 bridgehead atoms. The molecule has 0 aromatic heterocycles. The fourth-order valence-electron chi connectivity index (χ4n) is 2.08. The summed E-state index contributed by atoms with van der Waals surface area (Å²) in [6, 6.07) is 0.509. The fraction of sp³-hybridized carbons (Fsp3) is 0.500. The summed E-state index contributed by atoms with van der Waals surface area (Å²) in [7, 11) is 1.25. The van der Waals surface area contributed by atoms with E-state index in [4.69, 9.17) is 4.74 Å². The van der Waals surface area contributed by atoms with Crippen molar-refractivity contribution in [3.8, 4) is 5.75 Å². The number of rotatable bonds is 3. The van der Waals surface area contributed by atoms with Crippen LogP contribution in [0.15, 0.2) is 6.07 Å². The minimum Gasteiger partial charge on any atom is -0.493 e. The van der Waals surface area contributed by atoms with Crippen molar-refractivity contribution < 1.29 is 17.9 Å². The van der Waals surface area contributed by atoms with Gasteiger partial charge in [-0.15, -0.1) is 0 Å². The zero-order chi connectivity index (χ0) is 13.1. The lowest BCUT2D eigenvalue weighted by atomic mass is 10.1. The molecule has 1 heterocycles. The third-order valence-corrected chi connectivity index (χ3v) is 3.01. The van der Waals surface area contributed by atoms with Gasteiger partial charge in [-0.3, -0.25) is 4.90 Å². The molecule has 3 nitrogen and oxygen atoms in total. The van der Waals surface area contributed by atoms with E-state index in [0.717, 1.165) is 13.1 Å². The number of ether oxygens (including phenoxy) is 1. The van der Waals surface area contributed by atoms with E-state index < -0.39 is 17.5 Å². The first kappa shape index (κ1) is 13.2. The molecule has 2 rings (SSSR count). The van der Waals surface area contributed by atoms with E-state index in [1.54, 1.807) is 0 Å². The molecule has 1 aromatic rings. The van der Waals surface area contributed by atoms with Gasteiger partial charge in [-0.1, -0.05) is 0 Å².